The van der Waals surface area contributed by atoms with Gasteiger partial charge in [0.05, 0.1) is 42.3 Å². The van der Waals surface area contributed by atoms with E-state index in [0.717, 1.165) is 22.0 Å². The Kier molecular flexibility index (Phi) is 8.97. The molecule has 2 atom stereocenters. The minimum Gasteiger partial charge on any atom is -0.496 e. The van der Waals surface area contributed by atoms with Crippen molar-refractivity contribution in [3.63, 3.8) is 0 Å². The highest BCUT2D eigenvalue weighted by atomic mass is 32.2. The Morgan fingerprint density at radius 2 is 1.82 bits per heavy atom. The number of cyclic esters (lactones) is 1. The van der Waals surface area contributed by atoms with Gasteiger partial charge in [0.25, 0.3) is 0 Å². The van der Waals surface area contributed by atoms with E-state index in [1.54, 1.807) is 50.2 Å². The summed E-state index contributed by atoms with van der Waals surface area (Å²) in [6.45, 7) is 4.94. The third-order valence-corrected chi connectivity index (χ3v) is 10.7. The Hall–Kier alpha value is -5.18. The highest BCUT2D eigenvalue weighted by Crippen LogP contribution is 2.41. The van der Waals surface area contributed by atoms with Crippen molar-refractivity contribution in [2.45, 2.75) is 52.1 Å². The van der Waals surface area contributed by atoms with Crippen molar-refractivity contribution in [3.8, 4) is 28.0 Å². The molecule has 3 heterocycles. The molecule has 262 valence electrons. The van der Waals surface area contributed by atoms with Crippen LogP contribution in [0.3, 0.4) is 0 Å². The Labute approximate surface area is 286 Å². The molecule has 0 aliphatic carbocycles. The number of ether oxygens (including phenoxy) is 2. The van der Waals surface area contributed by atoms with Gasteiger partial charge >= 0.3 is 18.2 Å². The molecule has 0 saturated carbocycles. The number of amides is 1. The number of hydrogen-bond acceptors (Lipinski definition) is 8. The van der Waals surface area contributed by atoms with Crippen LogP contribution in [0.5, 0.6) is 5.75 Å². The van der Waals surface area contributed by atoms with E-state index in [-0.39, 0.29) is 41.6 Å². The van der Waals surface area contributed by atoms with Gasteiger partial charge in [0.1, 0.15) is 11.9 Å². The fourth-order valence-corrected chi connectivity index (χ4v) is 7.86. The summed E-state index contributed by atoms with van der Waals surface area (Å²) in [5.41, 5.74) is 3.13. The topological polar surface area (TPSA) is 139 Å². The van der Waals surface area contributed by atoms with Crippen LogP contribution in [0.25, 0.3) is 22.3 Å². The highest BCUT2D eigenvalue weighted by molar-refractivity contribution is 7.93. The molecule has 1 N–H and O–H groups in total. The maximum atomic E-state index is 13.7. The number of carboxylic acids is 1. The zero-order valence-corrected chi connectivity index (χ0v) is 28.3. The first-order valence-corrected chi connectivity index (χ1v) is 17.2. The summed E-state index contributed by atoms with van der Waals surface area (Å²) in [7, 11) is -2.20. The van der Waals surface area contributed by atoms with Gasteiger partial charge < -0.3 is 14.6 Å². The summed E-state index contributed by atoms with van der Waals surface area (Å²) >= 11 is 0. The van der Waals surface area contributed by atoms with E-state index in [2.05, 4.69) is 9.97 Å². The number of carboxylic acid groups (broad SMARTS) is 1. The number of benzene rings is 3. The third kappa shape index (κ3) is 6.56. The molecule has 2 fully saturated rings. The third-order valence-electron chi connectivity index (χ3n) is 8.92. The van der Waals surface area contributed by atoms with Crippen LogP contribution in [0.1, 0.15) is 57.8 Å². The van der Waals surface area contributed by atoms with E-state index in [4.69, 9.17) is 9.47 Å². The van der Waals surface area contributed by atoms with Crippen molar-refractivity contribution in [2.24, 2.45) is 0 Å². The van der Waals surface area contributed by atoms with Gasteiger partial charge in [0.2, 0.25) is 16.0 Å². The number of aryl methyl sites for hydroxylation is 2. The van der Waals surface area contributed by atoms with Crippen LogP contribution in [-0.2, 0) is 27.5 Å². The molecule has 4 aromatic rings. The number of carbonyl (C=O) groups is 2. The Morgan fingerprint density at radius 1 is 1.06 bits per heavy atom. The molecule has 11 nitrogen and oxygen atoms in total. The molecule has 0 bridgehead atoms. The molecule has 3 aromatic carbocycles. The summed E-state index contributed by atoms with van der Waals surface area (Å²) < 4.78 is 79.1. The van der Waals surface area contributed by atoms with Gasteiger partial charge in [-0.3, -0.25) is 4.90 Å². The lowest BCUT2D eigenvalue weighted by Gasteiger charge is -2.24. The summed E-state index contributed by atoms with van der Waals surface area (Å²) in [6, 6.07) is 12.9. The molecule has 50 heavy (non-hydrogen) atoms. The second-order valence-corrected chi connectivity index (χ2v) is 14.3. The Balaban J connectivity index is 1.44. The number of halogens is 3. The first-order chi connectivity index (χ1) is 23.6. The van der Waals surface area contributed by atoms with Gasteiger partial charge in [-0.15, -0.1) is 0 Å². The molecule has 15 heteroatoms. The standard InChI is InChI=1S/C35H33F3N4O7S/c1-19-12-24(15-25(13-19)35(36,37)38)31-21(3)41(34(45)49-31)18-29-28(17-39-33(40-29)42-10-5-11-50(42,46)47)27-16-22(7-9-30(27)48-4)26-8-6-23(32(43)44)14-20(26)2/h6-9,12-17,21,31H,5,10-11,18H2,1-4H3,(H,43,44)/t21-,31-/m0/s1. The summed E-state index contributed by atoms with van der Waals surface area (Å²) in [5.74, 6) is -0.801. The average molecular weight is 711 g/mol. The van der Waals surface area contributed by atoms with Crippen LogP contribution in [0.4, 0.5) is 23.9 Å². The lowest BCUT2D eigenvalue weighted by molar-refractivity contribution is -0.137. The smallest absolute Gasteiger partial charge is 0.416 e. The van der Waals surface area contributed by atoms with Crippen LogP contribution in [0.2, 0.25) is 0 Å². The molecule has 6 rings (SSSR count). The zero-order chi connectivity index (χ0) is 36.1. The lowest BCUT2D eigenvalue weighted by atomic mass is 9.94. The van der Waals surface area contributed by atoms with Gasteiger partial charge in [-0.1, -0.05) is 23.8 Å². The SMILES string of the molecule is COc1ccc(-c2ccc(C(=O)O)cc2C)cc1-c1cnc(N2CCCS2(=O)=O)nc1CN1C(=O)O[C@H](c2cc(C)cc(C(F)(F)F)c2)[C@@H]1C. The maximum absolute atomic E-state index is 13.7. The van der Waals surface area contributed by atoms with Crippen molar-refractivity contribution in [1.29, 1.82) is 0 Å². The van der Waals surface area contributed by atoms with Crippen LogP contribution in [-0.4, -0.2) is 65.9 Å². The number of sulfonamides is 1. The number of methoxy groups -OCH3 is 1. The van der Waals surface area contributed by atoms with E-state index in [9.17, 15) is 36.3 Å². The van der Waals surface area contributed by atoms with Gasteiger partial charge in [0, 0.05) is 23.9 Å². The zero-order valence-electron chi connectivity index (χ0n) is 27.5. The second kappa shape index (κ2) is 12.9. The van der Waals surface area contributed by atoms with Crippen molar-refractivity contribution in [2.75, 3.05) is 23.7 Å². The molecule has 0 unspecified atom stereocenters. The highest BCUT2D eigenvalue weighted by Gasteiger charge is 2.42. The van der Waals surface area contributed by atoms with E-state index in [0.29, 0.717) is 40.0 Å². The molecular weight excluding hydrogens is 677 g/mol. The normalized spacial score (nSPS) is 18.7. The summed E-state index contributed by atoms with van der Waals surface area (Å²) in [5, 5.41) is 9.43. The quantitative estimate of drug-likeness (QED) is 0.210. The summed E-state index contributed by atoms with van der Waals surface area (Å²) in [6.07, 6.45) is -4.58. The number of anilines is 1. The van der Waals surface area contributed by atoms with Gasteiger partial charge in [-0.25, -0.2) is 32.3 Å². The van der Waals surface area contributed by atoms with Crippen molar-refractivity contribution in [3.05, 3.63) is 94.3 Å². The Bertz CT molecular complexity index is 2120. The molecule has 2 aliphatic heterocycles. The molecule has 0 spiro atoms. The molecule has 2 aliphatic rings. The number of hydrogen-bond donors (Lipinski definition) is 1. The minimum absolute atomic E-state index is 0.0725. The minimum atomic E-state index is -4.60. The fraction of sp³-hybridized carbons (Fsp3) is 0.314. The predicted octanol–water partition coefficient (Wildman–Crippen LogP) is 6.77. The lowest BCUT2D eigenvalue weighted by Crippen LogP contribution is -2.33. The van der Waals surface area contributed by atoms with Crippen LogP contribution >= 0.6 is 0 Å². The van der Waals surface area contributed by atoms with E-state index < -0.39 is 46.0 Å². The largest absolute Gasteiger partial charge is 0.496 e. The van der Waals surface area contributed by atoms with E-state index in [1.165, 1.54) is 31.2 Å². The van der Waals surface area contributed by atoms with Crippen molar-refractivity contribution in [1.82, 2.24) is 14.9 Å². The van der Waals surface area contributed by atoms with Gasteiger partial charge in [-0.2, -0.15) is 13.2 Å². The first-order valence-electron chi connectivity index (χ1n) is 15.6. The van der Waals surface area contributed by atoms with Crippen LogP contribution < -0.4 is 9.04 Å². The van der Waals surface area contributed by atoms with Crippen LogP contribution in [0.15, 0.2) is 60.8 Å². The number of aromatic carboxylic acids is 1. The van der Waals surface area contributed by atoms with Crippen molar-refractivity contribution < 1.29 is 45.8 Å². The number of nitrogens with zero attached hydrogens (tertiary/aromatic N) is 4. The van der Waals surface area contributed by atoms with E-state index in [1.807, 2.05) is 0 Å². The monoisotopic (exact) mass is 710 g/mol. The fourth-order valence-electron chi connectivity index (χ4n) is 6.40. The summed E-state index contributed by atoms with van der Waals surface area (Å²) in [4.78, 5) is 35.3. The molecule has 1 amide bonds. The number of aromatic nitrogens is 2. The van der Waals surface area contributed by atoms with Crippen LogP contribution in [0, 0.1) is 13.8 Å². The first kappa shape index (κ1) is 34.7. The number of carbonyl (C=O) groups excluding carboxylic acids is 1. The predicted molar refractivity (Wildman–Crippen MR) is 177 cm³/mol. The van der Waals surface area contributed by atoms with Gasteiger partial charge in [-0.05, 0) is 85.8 Å². The van der Waals surface area contributed by atoms with E-state index >= 15 is 0 Å². The average Bonchev–Trinajstić information content (AvgIpc) is 3.56. The molecular formula is C35H33F3N4O7S. The molecule has 2 saturated heterocycles. The molecule has 0 radical (unpaired) electrons. The molecule has 1 aromatic heterocycles. The number of rotatable bonds is 8. The second-order valence-electron chi connectivity index (χ2n) is 12.3. The Morgan fingerprint density at radius 3 is 2.46 bits per heavy atom. The maximum Gasteiger partial charge on any atom is 0.416 e. The van der Waals surface area contributed by atoms with Gasteiger partial charge in [0.15, 0.2) is 0 Å². The number of alkyl halides is 3. The van der Waals surface area contributed by atoms with Crippen molar-refractivity contribution >= 4 is 28.0 Å².